The van der Waals surface area contributed by atoms with Crippen molar-refractivity contribution in [3.63, 3.8) is 0 Å². The molecule has 0 saturated heterocycles. The molecular formula is C24H28N2O4S. The van der Waals surface area contributed by atoms with Crippen molar-refractivity contribution in [1.82, 2.24) is 10.3 Å². The summed E-state index contributed by atoms with van der Waals surface area (Å²) in [4.78, 5) is 29.2. The highest BCUT2D eigenvalue weighted by molar-refractivity contribution is 8.00. The molecule has 0 saturated carbocycles. The second-order valence-corrected chi connectivity index (χ2v) is 9.40. The minimum atomic E-state index is -1.09. The van der Waals surface area contributed by atoms with E-state index >= 15 is 0 Å². The summed E-state index contributed by atoms with van der Waals surface area (Å²) in [5.41, 5.74) is 2.87. The number of H-pyrrole nitrogens is 1. The lowest BCUT2D eigenvalue weighted by atomic mass is 10.0. The van der Waals surface area contributed by atoms with E-state index in [2.05, 4.69) is 10.3 Å². The van der Waals surface area contributed by atoms with Gasteiger partial charge in [0.25, 0.3) is 0 Å². The van der Waals surface area contributed by atoms with Crippen LogP contribution in [0.15, 0.2) is 53.6 Å². The minimum Gasteiger partial charge on any atom is -0.508 e. The molecule has 3 aromatic rings. The van der Waals surface area contributed by atoms with E-state index in [9.17, 15) is 19.8 Å². The summed E-state index contributed by atoms with van der Waals surface area (Å²) in [5.74, 6) is -0.984. The van der Waals surface area contributed by atoms with Crippen LogP contribution in [0.3, 0.4) is 0 Å². The molecule has 0 aliphatic carbocycles. The monoisotopic (exact) mass is 440 g/mol. The Balaban J connectivity index is 1.79. The van der Waals surface area contributed by atoms with Crippen LogP contribution in [-0.2, 0) is 16.0 Å². The zero-order chi connectivity index (χ0) is 22.5. The number of thioether (sulfide) groups is 1. The number of aliphatic carboxylic acids is 1. The number of amides is 1. The molecule has 164 valence electrons. The molecule has 0 spiro atoms. The molecule has 31 heavy (non-hydrogen) atoms. The first kappa shape index (κ1) is 22.7. The van der Waals surface area contributed by atoms with Crippen LogP contribution in [0, 0.1) is 12.8 Å². The van der Waals surface area contributed by atoms with E-state index in [4.69, 9.17) is 0 Å². The number of carboxylic acid groups (broad SMARTS) is 1. The number of carbonyl (C=O) groups is 2. The minimum absolute atomic E-state index is 0.113. The van der Waals surface area contributed by atoms with Crippen molar-refractivity contribution in [3.8, 4) is 5.75 Å². The number of hydrogen-bond acceptors (Lipinski definition) is 4. The van der Waals surface area contributed by atoms with Crippen LogP contribution in [0.5, 0.6) is 5.75 Å². The van der Waals surface area contributed by atoms with Gasteiger partial charge in [0.05, 0.1) is 5.25 Å². The van der Waals surface area contributed by atoms with Crippen LogP contribution in [0.4, 0.5) is 0 Å². The number of phenols is 1. The van der Waals surface area contributed by atoms with Gasteiger partial charge in [0.1, 0.15) is 11.8 Å². The van der Waals surface area contributed by atoms with Crippen LogP contribution in [-0.4, -0.2) is 38.4 Å². The third kappa shape index (κ3) is 5.82. The summed E-state index contributed by atoms with van der Waals surface area (Å²) in [6.07, 6.45) is 2.68. The summed E-state index contributed by atoms with van der Waals surface area (Å²) in [6.45, 7) is 6.13. The van der Waals surface area contributed by atoms with E-state index in [1.165, 1.54) is 23.9 Å². The molecule has 3 rings (SSSR count). The van der Waals surface area contributed by atoms with Crippen LogP contribution < -0.4 is 5.32 Å². The van der Waals surface area contributed by atoms with Gasteiger partial charge >= 0.3 is 5.97 Å². The summed E-state index contributed by atoms with van der Waals surface area (Å²) >= 11 is 1.47. The smallest absolute Gasteiger partial charge is 0.326 e. The standard InChI is InChI=1S/C24H28N2O4S/c1-14(2)11-20(31-21-13-25-18-6-4-5-15(3)22(18)21)23(28)26-19(24(29)30)12-16-7-9-17(27)10-8-16/h4-10,13-14,19-20,25,27H,11-12H2,1-3H3,(H,26,28)(H,29,30)/t19-,20+/m0/s1. The quantitative estimate of drug-likeness (QED) is 0.367. The summed E-state index contributed by atoms with van der Waals surface area (Å²) < 4.78 is 0. The third-order valence-corrected chi connectivity index (χ3v) is 6.38. The molecule has 0 aliphatic rings. The average Bonchev–Trinajstić information content (AvgIpc) is 3.12. The molecule has 0 radical (unpaired) electrons. The number of rotatable bonds is 9. The zero-order valence-corrected chi connectivity index (χ0v) is 18.7. The predicted molar refractivity (Wildman–Crippen MR) is 124 cm³/mol. The summed E-state index contributed by atoms with van der Waals surface area (Å²) in [5, 5.41) is 22.5. The molecule has 7 heteroatoms. The van der Waals surface area contributed by atoms with Gasteiger partial charge in [-0.25, -0.2) is 4.79 Å². The SMILES string of the molecule is Cc1cccc2[nH]cc(S[C@H](CC(C)C)C(=O)N[C@@H](Cc3ccc(O)cc3)C(=O)O)c12. The molecule has 0 fully saturated rings. The molecule has 1 heterocycles. The van der Waals surface area contributed by atoms with Gasteiger partial charge in [-0.1, -0.05) is 38.1 Å². The van der Waals surface area contributed by atoms with Crippen molar-refractivity contribution < 1.29 is 19.8 Å². The van der Waals surface area contributed by atoms with Crippen LogP contribution >= 0.6 is 11.8 Å². The highest BCUT2D eigenvalue weighted by Crippen LogP contribution is 2.35. The fraction of sp³-hybridized carbons (Fsp3) is 0.333. The molecule has 4 N–H and O–H groups in total. The molecule has 2 atom stereocenters. The number of aryl methyl sites for hydroxylation is 1. The number of aromatic amines is 1. The first-order chi connectivity index (χ1) is 14.7. The number of phenolic OH excluding ortho intramolecular Hbond substituents is 1. The fourth-order valence-electron chi connectivity index (χ4n) is 3.55. The lowest BCUT2D eigenvalue weighted by Crippen LogP contribution is -2.46. The highest BCUT2D eigenvalue weighted by Gasteiger charge is 2.28. The van der Waals surface area contributed by atoms with Gasteiger partial charge in [-0.3, -0.25) is 4.79 Å². The van der Waals surface area contributed by atoms with Gasteiger partial charge in [-0.15, -0.1) is 11.8 Å². The lowest BCUT2D eigenvalue weighted by molar-refractivity contribution is -0.141. The number of carbonyl (C=O) groups excluding carboxylic acids is 1. The first-order valence-corrected chi connectivity index (χ1v) is 11.2. The van der Waals surface area contributed by atoms with Gasteiger partial charge in [-0.2, -0.15) is 0 Å². The number of aromatic hydroxyl groups is 1. The van der Waals surface area contributed by atoms with Gasteiger partial charge in [0.15, 0.2) is 0 Å². The molecule has 1 amide bonds. The maximum Gasteiger partial charge on any atom is 0.326 e. The molecule has 6 nitrogen and oxygen atoms in total. The van der Waals surface area contributed by atoms with E-state index in [0.29, 0.717) is 6.42 Å². The lowest BCUT2D eigenvalue weighted by Gasteiger charge is -2.21. The zero-order valence-electron chi connectivity index (χ0n) is 17.9. The van der Waals surface area contributed by atoms with E-state index in [-0.39, 0.29) is 24.0 Å². The largest absolute Gasteiger partial charge is 0.508 e. The van der Waals surface area contributed by atoms with Crippen molar-refractivity contribution >= 4 is 34.5 Å². The van der Waals surface area contributed by atoms with Gasteiger partial charge < -0.3 is 20.5 Å². The topological polar surface area (TPSA) is 102 Å². The molecular weight excluding hydrogens is 412 g/mol. The third-order valence-electron chi connectivity index (χ3n) is 5.12. The Morgan fingerprint density at radius 3 is 2.48 bits per heavy atom. The van der Waals surface area contributed by atoms with Gasteiger partial charge in [0, 0.05) is 28.4 Å². The van der Waals surface area contributed by atoms with Crippen LogP contribution in [0.2, 0.25) is 0 Å². The van der Waals surface area contributed by atoms with E-state index in [0.717, 1.165) is 26.9 Å². The number of aromatic nitrogens is 1. The van der Waals surface area contributed by atoms with Crippen molar-refractivity contribution in [3.05, 3.63) is 59.8 Å². The van der Waals surface area contributed by atoms with Crippen molar-refractivity contribution in [1.29, 1.82) is 0 Å². The number of carboxylic acids is 1. The number of benzene rings is 2. The van der Waals surface area contributed by atoms with E-state index in [1.807, 2.05) is 45.2 Å². The Morgan fingerprint density at radius 2 is 1.84 bits per heavy atom. The maximum absolute atomic E-state index is 13.1. The van der Waals surface area contributed by atoms with Gasteiger partial charge in [-0.05, 0) is 48.6 Å². The van der Waals surface area contributed by atoms with Crippen molar-refractivity contribution in [2.24, 2.45) is 5.92 Å². The summed E-state index contributed by atoms with van der Waals surface area (Å²) in [6, 6.07) is 11.3. The molecule has 2 aromatic carbocycles. The molecule has 1 aromatic heterocycles. The Morgan fingerprint density at radius 1 is 1.13 bits per heavy atom. The number of nitrogens with one attached hydrogen (secondary N) is 2. The summed E-state index contributed by atoms with van der Waals surface area (Å²) in [7, 11) is 0. The van der Waals surface area contributed by atoms with Crippen molar-refractivity contribution in [2.45, 2.75) is 49.8 Å². The van der Waals surface area contributed by atoms with Crippen molar-refractivity contribution in [2.75, 3.05) is 0 Å². The van der Waals surface area contributed by atoms with E-state index < -0.39 is 17.3 Å². The second-order valence-electron chi connectivity index (χ2n) is 8.16. The Bertz CT molecular complexity index is 1060. The maximum atomic E-state index is 13.1. The fourth-order valence-corrected chi connectivity index (χ4v) is 5.02. The Labute approximate surface area is 186 Å². The molecule has 0 bridgehead atoms. The average molecular weight is 441 g/mol. The van der Waals surface area contributed by atoms with Gasteiger partial charge in [0.2, 0.25) is 5.91 Å². The number of hydrogen-bond donors (Lipinski definition) is 4. The van der Waals surface area contributed by atoms with Crippen LogP contribution in [0.1, 0.15) is 31.4 Å². The highest BCUT2D eigenvalue weighted by atomic mass is 32.2. The molecule has 0 aliphatic heterocycles. The first-order valence-electron chi connectivity index (χ1n) is 10.3. The van der Waals surface area contributed by atoms with Crippen LogP contribution in [0.25, 0.3) is 10.9 Å². The Kier molecular flexibility index (Phi) is 7.28. The normalized spacial score (nSPS) is 13.3. The number of fused-ring (bicyclic) bond motifs is 1. The predicted octanol–water partition coefficient (Wildman–Crippen LogP) is 4.50. The Hall–Kier alpha value is -2.93. The second kappa shape index (κ2) is 9.92. The van der Waals surface area contributed by atoms with E-state index in [1.54, 1.807) is 12.1 Å². The molecule has 0 unspecified atom stereocenters.